The summed E-state index contributed by atoms with van der Waals surface area (Å²) < 4.78 is 0. The van der Waals surface area contributed by atoms with Gasteiger partial charge in [0, 0.05) is 16.8 Å². The molecule has 0 aliphatic heterocycles. The Bertz CT molecular complexity index is 8.04. The first-order chi connectivity index (χ1) is 0. The van der Waals surface area contributed by atoms with Crippen LogP contribution >= 0.6 is 12.4 Å². The van der Waals surface area contributed by atoms with Gasteiger partial charge in [0.2, 0.25) is 0 Å². The molecule has 0 heterocycles. The fraction of sp³-hybridized carbons (Fsp3) is 0. The van der Waals surface area contributed by atoms with Gasteiger partial charge in [0.15, 0.2) is 0 Å². The number of hydrogen-bond donors (Lipinski definition) is 5. The smallest absolute Gasteiger partial charge is 0 e. The Labute approximate surface area is 60.5 Å². The summed E-state index contributed by atoms with van der Waals surface area (Å²) in [5.41, 5.74) is 0. The van der Waals surface area contributed by atoms with E-state index < -0.39 is 0 Å². The van der Waals surface area contributed by atoms with Crippen LogP contribution in [0.4, 0.5) is 0 Å². The summed E-state index contributed by atoms with van der Waals surface area (Å²) in [5, 5.41) is 0. The second-order valence-electron chi connectivity index (χ2n) is 0. The zero-order chi connectivity index (χ0) is 0. The fourth-order valence-corrected chi connectivity index (χ4v) is 0. The minimum Gasteiger partial charge on any atom is -0.344 e. The van der Waals surface area contributed by atoms with Crippen LogP contribution in [0.15, 0.2) is 0 Å². The maximum Gasteiger partial charge on any atom is 0 e. The third-order valence-corrected chi connectivity index (χ3v) is 0. The topological polar surface area (TPSA) is 175 Å². The van der Waals surface area contributed by atoms with Gasteiger partial charge >= 0.3 is 0 Å². The summed E-state index contributed by atoms with van der Waals surface area (Å²) in [6.07, 6.45) is 0. The number of hydrogen-bond acceptors (Lipinski definition) is 5. The molecule has 0 aromatic heterocycles. The van der Waals surface area contributed by atoms with Crippen LogP contribution in [0.25, 0.3) is 0 Å². The predicted octanol–water partition coefficient (Wildman–Crippen LogP) is 1.23. The minimum absolute atomic E-state index is 0. The van der Waals surface area contributed by atoms with Crippen LogP contribution in [0.5, 0.6) is 0 Å². The molecule has 0 saturated carbocycles. The summed E-state index contributed by atoms with van der Waals surface area (Å²) in [6.45, 7) is 0. The van der Waals surface area contributed by atoms with Gasteiger partial charge in [0.25, 0.3) is 0 Å². The maximum absolute atomic E-state index is 0. The van der Waals surface area contributed by atoms with Crippen molar-refractivity contribution in [2.45, 2.75) is 0 Å². The Morgan fingerprint density at radius 3 is 0.429 bits per heavy atom. The van der Waals surface area contributed by atoms with E-state index in [2.05, 4.69) is 0 Å². The number of rotatable bonds is 0. The monoisotopic (exact) mass is 180 g/mol. The molecule has 0 spiro atoms. The summed E-state index contributed by atoms with van der Waals surface area (Å²) in [6, 6.07) is 0. The molecular formula is H16ClCoN5. The van der Waals surface area contributed by atoms with Gasteiger partial charge in [-0.1, -0.05) is 0 Å². The minimum atomic E-state index is 0. The molecule has 15 N–H and O–H groups in total. The van der Waals surface area contributed by atoms with Gasteiger partial charge in [-0.05, 0) is 0 Å². The molecule has 0 aromatic rings. The Kier molecular flexibility index (Phi) is 77100. The summed E-state index contributed by atoms with van der Waals surface area (Å²) in [4.78, 5) is 0. The molecule has 7 heteroatoms. The van der Waals surface area contributed by atoms with Crippen molar-refractivity contribution in [2.24, 2.45) is 0 Å². The van der Waals surface area contributed by atoms with E-state index in [0.717, 1.165) is 0 Å². The average molecular weight is 181 g/mol. The van der Waals surface area contributed by atoms with Crippen molar-refractivity contribution in [1.29, 1.82) is 0 Å². The van der Waals surface area contributed by atoms with Crippen molar-refractivity contribution in [3.05, 3.63) is 0 Å². The van der Waals surface area contributed by atoms with Crippen LogP contribution in [0.3, 0.4) is 0 Å². The van der Waals surface area contributed by atoms with E-state index in [-0.39, 0.29) is 59.9 Å². The van der Waals surface area contributed by atoms with E-state index in [1.54, 1.807) is 0 Å². The quantitative estimate of drug-likeness (QED) is 0.376. The van der Waals surface area contributed by atoms with Gasteiger partial charge in [0.1, 0.15) is 0 Å². The van der Waals surface area contributed by atoms with Gasteiger partial charge in [-0.25, -0.2) is 0 Å². The van der Waals surface area contributed by atoms with Gasteiger partial charge in [0.05, 0.1) is 0 Å². The van der Waals surface area contributed by atoms with Crippen molar-refractivity contribution in [3.8, 4) is 0 Å². The third-order valence-electron chi connectivity index (χ3n) is 0. The molecule has 0 aliphatic rings. The van der Waals surface area contributed by atoms with E-state index in [1.165, 1.54) is 0 Å². The normalized spacial score (nSPS) is 0. The molecule has 7 heavy (non-hydrogen) atoms. The first kappa shape index (κ1) is 929. The SMILES string of the molecule is Cl.N.N.N.N.N.[Co]. The second-order valence-corrected chi connectivity index (χ2v) is 0. The van der Waals surface area contributed by atoms with Gasteiger partial charge in [-0.15, -0.1) is 12.4 Å². The third kappa shape index (κ3) is 392. The molecule has 0 saturated heterocycles. The van der Waals surface area contributed by atoms with E-state index >= 15 is 0 Å². The van der Waals surface area contributed by atoms with Gasteiger partial charge in [-0.3, -0.25) is 0 Å². The molecule has 0 rings (SSSR count). The molecular weight excluding hydrogens is 164 g/mol. The Hall–Kier alpha value is 0.596. The standard InChI is InChI=1S/ClH.Co.5H3N/h1H;;5*1H3. The van der Waals surface area contributed by atoms with Crippen LogP contribution < -0.4 is 30.8 Å². The first-order valence-electron chi connectivity index (χ1n) is 0. The molecule has 0 atom stereocenters. The van der Waals surface area contributed by atoms with Gasteiger partial charge in [-0.2, -0.15) is 0 Å². The molecule has 1 radical (unpaired) electrons. The fourth-order valence-electron chi connectivity index (χ4n) is 0. The van der Waals surface area contributed by atoms with Crippen molar-refractivity contribution < 1.29 is 16.8 Å². The summed E-state index contributed by atoms with van der Waals surface area (Å²) in [5.74, 6) is 0. The van der Waals surface area contributed by atoms with Crippen LogP contribution in [0.2, 0.25) is 0 Å². The Morgan fingerprint density at radius 1 is 0.429 bits per heavy atom. The van der Waals surface area contributed by atoms with Crippen LogP contribution in [-0.2, 0) is 16.8 Å². The van der Waals surface area contributed by atoms with Crippen LogP contribution in [0, 0.1) is 0 Å². The zero-order valence-electron chi connectivity index (χ0n) is 4.28. The largest absolute Gasteiger partial charge is 0.344 e. The van der Waals surface area contributed by atoms with Crippen molar-refractivity contribution in [3.63, 3.8) is 0 Å². The average Bonchev–Trinajstić information content (AvgIpc) is 0. The second kappa shape index (κ2) is 581. The van der Waals surface area contributed by atoms with Crippen molar-refractivity contribution in [1.82, 2.24) is 30.8 Å². The van der Waals surface area contributed by atoms with E-state index in [0.29, 0.717) is 0 Å². The summed E-state index contributed by atoms with van der Waals surface area (Å²) >= 11 is 0. The molecule has 57 valence electrons. The molecule has 0 aromatic carbocycles. The zero-order valence-corrected chi connectivity index (χ0v) is 6.13. The summed E-state index contributed by atoms with van der Waals surface area (Å²) in [7, 11) is 0. The Balaban J connectivity index is 0. The van der Waals surface area contributed by atoms with Crippen LogP contribution in [0.1, 0.15) is 0 Å². The van der Waals surface area contributed by atoms with E-state index in [9.17, 15) is 0 Å². The molecule has 5 nitrogen and oxygen atoms in total. The van der Waals surface area contributed by atoms with Crippen molar-refractivity contribution >= 4 is 12.4 Å². The first-order valence-corrected chi connectivity index (χ1v) is 0. The molecule has 0 unspecified atom stereocenters. The number of halogens is 1. The van der Waals surface area contributed by atoms with Crippen molar-refractivity contribution in [2.75, 3.05) is 0 Å². The Morgan fingerprint density at radius 2 is 0.429 bits per heavy atom. The molecule has 0 bridgehead atoms. The van der Waals surface area contributed by atoms with Crippen LogP contribution in [-0.4, -0.2) is 0 Å². The molecule has 0 aliphatic carbocycles. The molecule has 0 amide bonds. The predicted molar refractivity (Wildman–Crippen MR) is 32.4 cm³/mol. The van der Waals surface area contributed by atoms with E-state index in [1.807, 2.05) is 0 Å². The van der Waals surface area contributed by atoms with E-state index in [4.69, 9.17) is 0 Å². The van der Waals surface area contributed by atoms with Gasteiger partial charge < -0.3 is 30.8 Å². The molecule has 0 fully saturated rings. The maximum atomic E-state index is 0.